The Morgan fingerprint density at radius 1 is 1.16 bits per heavy atom. The number of nitrogens with one attached hydrogen (secondary N) is 1. The molecule has 2 heterocycles. The third kappa shape index (κ3) is 2.18. The molecular weight excluding hydrogens is 238 g/mol. The van der Waals surface area contributed by atoms with Crippen molar-refractivity contribution in [1.82, 2.24) is 15.0 Å². The quantitative estimate of drug-likeness (QED) is 0.732. The zero-order chi connectivity index (χ0) is 13.2. The van der Waals surface area contributed by atoms with Crippen LogP contribution in [0.25, 0.3) is 10.8 Å². The topological polar surface area (TPSA) is 76.7 Å². The van der Waals surface area contributed by atoms with Gasteiger partial charge in [0.15, 0.2) is 0 Å². The fourth-order valence-corrected chi connectivity index (χ4v) is 1.94. The van der Waals surface area contributed by atoms with Gasteiger partial charge in [-0.25, -0.2) is 4.98 Å². The molecule has 0 unspecified atom stereocenters. The van der Waals surface area contributed by atoms with Crippen LogP contribution < -0.4 is 11.1 Å². The molecule has 0 spiro atoms. The number of rotatable bonds is 2. The highest BCUT2D eigenvalue weighted by molar-refractivity contribution is 5.94. The van der Waals surface area contributed by atoms with Crippen LogP contribution in [0.2, 0.25) is 0 Å². The van der Waals surface area contributed by atoms with Crippen LogP contribution in [0.15, 0.2) is 42.9 Å². The van der Waals surface area contributed by atoms with Crippen LogP contribution in [0.1, 0.15) is 5.56 Å². The lowest BCUT2D eigenvalue weighted by atomic mass is 10.1. The second kappa shape index (κ2) is 4.53. The average Bonchev–Trinajstić information content (AvgIpc) is 2.43. The van der Waals surface area contributed by atoms with E-state index >= 15 is 0 Å². The van der Waals surface area contributed by atoms with Gasteiger partial charge in [-0.2, -0.15) is 4.98 Å². The number of aryl methyl sites for hydroxylation is 1. The summed E-state index contributed by atoms with van der Waals surface area (Å²) in [6.45, 7) is 1.94. The molecule has 0 aliphatic heterocycles. The number of nitrogens with zero attached hydrogens (tertiary/aromatic N) is 3. The number of nitrogen functional groups attached to an aromatic ring is 1. The minimum absolute atomic E-state index is 0.259. The summed E-state index contributed by atoms with van der Waals surface area (Å²) in [5.41, 5.74) is 7.54. The predicted octanol–water partition coefficient (Wildman–Crippen LogP) is 2.66. The minimum atomic E-state index is 0.259. The maximum atomic E-state index is 5.62. The Morgan fingerprint density at radius 3 is 2.95 bits per heavy atom. The monoisotopic (exact) mass is 251 g/mol. The van der Waals surface area contributed by atoms with Crippen molar-refractivity contribution >= 4 is 28.2 Å². The van der Waals surface area contributed by atoms with E-state index < -0.39 is 0 Å². The molecule has 3 N–H and O–H groups in total. The van der Waals surface area contributed by atoms with Crippen molar-refractivity contribution in [1.29, 1.82) is 0 Å². The highest BCUT2D eigenvalue weighted by Gasteiger charge is 2.05. The molecular formula is C14H13N5. The number of fused-ring (bicyclic) bond motifs is 1. The summed E-state index contributed by atoms with van der Waals surface area (Å²) >= 11 is 0. The van der Waals surface area contributed by atoms with E-state index in [0.29, 0.717) is 0 Å². The van der Waals surface area contributed by atoms with Gasteiger partial charge in [0.05, 0.1) is 0 Å². The molecule has 94 valence electrons. The van der Waals surface area contributed by atoms with E-state index in [1.54, 1.807) is 12.4 Å². The summed E-state index contributed by atoms with van der Waals surface area (Å²) in [5.74, 6) is 0.979. The van der Waals surface area contributed by atoms with Crippen LogP contribution in [0.4, 0.5) is 17.5 Å². The number of benzene rings is 1. The molecule has 0 bridgehead atoms. The van der Waals surface area contributed by atoms with E-state index in [4.69, 9.17) is 5.73 Å². The molecule has 19 heavy (non-hydrogen) atoms. The number of anilines is 3. The smallest absolute Gasteiger partial charge is 0.221 e. The average molecular weight is 251 g/mol. The molecule has 0 fully saturated rings. The summed E-state index contributed by atoms with van der Waals surface area (Å²) in [7, 11) is 0. The Bertz CT molecular complexity index is 733. The molecule has 1 aromatic carbocycles. The second-order valence-electron chi connectivity index (χ2n) is 4.29. The summed E-state index contributed by atoms with van der Waals surface area (Å²) in [6.07, 6.45) is 5.31. The van der Waals surface area contributed by atoms with E-state index in [-0.39, 0.29) is 5.95 Å². The van der Waals surface area contributed by atoms with Gasteiger partial charge in [0.1, 0.15) is 5.82 Å². The Labute approximate surface area is 110 Å². The molecule has 0 amide bonds. The Kier molecular flexibility index (Phi) is 2.72. The number of pyridine rings is 1. The fourth-order valence-electron chi connectivity index (χ4n) is 1.94. The Balaban J connectivity index is 2.08. The molecule has 0 saturated heterocycles. The zero-order valence-corrected chi connectivity index (χ0v) is 10.5. The van der Waals surface area contributed by atoms with Gasteiger partial charge in [0.25, 0.3) is 0 Å². The van der Waals surface area contributed by atoms with Crippen molar-refractivity contribution in [3.05, 3.63) is 48.4 Å². The van der Waals surface area contributed by atoms with Gasteiger partial charge in [-0.3, -0.25) is 4.98 Å². The first-order valence-corrected chi connectivity index (χ1v) is 5.93. The first-order chi connectivity index (χ1) is 9.24. The number of hydrogen-bond acceptors (Lipinski definition) is 5. The second-order valence-corrected chi connectivity index (χ2v) is 4.29. The fraction of sp³-hybridized carbons (Fsp3) is 0.0714. The van der Waals surface area contributed by atoms with Crippen LogP contribution >= 0.6 is 0 Å². The molecule has 0 atom stereocenters. The summed E-state index contributed by atoms with van der Waals surface area (Å²) < 4.78 is 0. The lowest BCUT2D eigenvalue weighted by Gasteiger charge is -2.11. The summed E-state index contributed by atoms with van der Waals surface area (Å²) in [4.78, 5) is 12.3. The van der Waals surface area contributed by atoms with Crippen LogP contribution in [-0.4, -0.2) is 15.0 Å². The molecule has 5 nitrogen and oxygen atoms in total. The number of aromatic nitrogens is 3. The van der Waals surface area contributed by atoms with Gasteiger partial charge < -0.3 is 11.1 Å². The van der Waals surface area contributed by atoms with Crippen molar-refractivity contribution in [2.75, 3.05) is 11.1 Å². The predicted molar refractivity (Wildman–Crippen MR) is 76.2 cm³/mol. The lowest BCUT2D eigenvalue weighted by Crippen LogP contribution is -2.02. The van der Waals surface area contributed by atoms with Gasteiger partial charge in [-0.15, -0.1) is 0 Å². The van der Waals surface area contributed by atoms with E-state index in [0.717, 1.165) is 27.8 Å². The maximum absolute atomic E-state index is 5.62. The van der Waals surface area contributed by atoms with E-state index in [9.17, 15) is 0 Å². The first-order valence-electron chi connectivity index (χ1n) is 5.93. The molecule has 0 radical (unpaired) electrons. The molecule has 3 aromatic rings. The molecule has 5 heteroatoms. The highest BCUT2D eigenvalue weighted by Crippen LogP contribution is 2.26. The SMILES string of the molecule is Cc1cnc(N)nc1Nc1cccc2cnccc12. The molecule has 3 rings (SSSR count). The summed E-state index contributed by atoms with van der Waals surface area (Å²) in [5, 5.41) is 5.46. The zero-order valence-electron chi connectivity index (χ0n) is 10.5. The molecule has 0 aliphatic carbocycles. The normalized spacial score (nSPS) is 10.6. The van der Waals surface area contributed by atoms with Gasteiger partial charge in [0.2, 0.25) is 5.95 Å². The standard InChI is InChI=1S/C14H13N5/c1-9-7-17-14(15)19-13(9)18-12-4-2-3-10-8-16-6-5-11(10)12/h2-8H,1H3,(H3,15,17,18,19). The lowest BCUT2D eigenvalue weighted by molar-refractivity contribution is 1.15. The minimum Gasteiger partial charge on any atom is -0.368 e. The van der Waals surface area contributed by atoms with E-state index in [1.807, 2.05) is 37.4 Å². The van der Waals surface area contributed by atoms with E-state index in [1.165, 1.54) is 0 Å². The Hall–Kier alpha value is -2.69. The largest absolute Gasteiger partial charge is 0.368 e. The number of nitrogens with two attached hydrogens (primary N) is 1. The third-order valence-corrected chi connectivity index (χ3v) is 2.92. The van der Waals surface area contributed by atoms with Crippen molar-refractivity contribution in [2.45, 2.75) is 6.92 Å². The van der Waals surface area contributed by atoms with Crippen molar-refractivity contribution in [3.8, 4) is 0 Å². The van der Waals surface area contributed by atoms with Gasteiger partial charge >= 0.3 is 0 Å². The van der Waals surface area contributed by atoms with Gasteiger partial charge in [0, 0.05) is 40.6 Å². The summed E-state index contributed by atoms with van der Waals surface area (Å²) in [6, 6.07) is 7.97. The van der Waals surface area contributed by atoms with Crippen molar-refractivity contribution in [2.24, 2.45) is 0 Å². The van der Waals surface area contributed by atoms with Crippen LogP contribution in [0, 0.1) is 6.92 Å². The maximum Gasteiger partial charge on any atom is 0.221 e. The van der Waals surface area contributed by atoms with Gasteiger partial charge in [-0.05, 0) is 19.1 Å². The molecule has 0 aliphatic rings. The number of hydrogen-bond donors (Lipinski definition) is 2. The first kappa shape index (κ1) is 11.4. The highest BCUT2D eigenvalue weighted by atomic mass is 15.1. The third-order valence-electron chi connectivity index (χ3n) is 2.92. The van der Waals surface area contributed by atoms with Crippen LogP contribution in [0.3, 0.4) is 0 Å². The van der Waals surface area contributed by atoms with Crippen molar-refractivity contribution < 1.29 is 0 Å². The molecule has 0 saturated carbocycles. The van der Waals surface area contributed by atoms with Crippen LogP contribution in [0.5, 0.6) is 0 Å². The van der Waals surface area contributed by atoms with Gasteiger partial charge in [-0.1, -0.05) is 12.1 Å². The Morgan fingerprint density at radius 2 is 2.05 bits per heavy atom. The van der Waals surface area contributed by atoms with Crippen molar-refractivity contribution in [3.63, 3.8) is 0 Å². The van der Waals surface area contributed by atoms with E-state index in [2.05, 4.69) is 20.3 Å². The van der Waals surface area contributed by atoms with Crippen LogP contribution in [-0.2, 0) is 0 Å². The molecule has 2 aromatic heterocycles.